The van der Waals surface area contributed by atoms with Gasteiger partial charge in [-0.15, -0.1) is 0 Å². The molecule has 0 aliphatic heterocycles. The molecule has 0 amide bonds. The summed E-state index contributed by atoms with van der Waals surface area (Å²) in [5, 5.41) is 7.38. The third-order valence-corrected chi connectivity index (χ3v) is 4.06. The van der Waals surface area contributed by atoms with Gasteiger partial charge in [-0.2, -0.15) is 0 Å². The number of sulfonamides is 1. The molecule has 0 bridgehead atoms. The third-order valence-electron chi connectivity index (χ3n) is 2.37. The lowest BCUT2D eigenvalue weighted by Crippen LogP contribution is -2.41. The second-order valence-electron chi connectivity index (χ2n) is 3.50. The van der Waals surface area contributed by atoms with Crippen LogP contribution in [0.25, 0.3) is 0 Å². The van der Waals surface area contributed by atoms with E-state index in [1.807, 2.05) is 0 Å². The first-order chi connectivity index (χ1) is 7.76. The Morgan fingerprint density at radius 1 is 1.41 bits per heavy atom. The largest absolute Gasteiger partial charge is 0.481 e. The van der Waals surface area contributed by atoms with Crippen molar-refractivity contribution in [2.24, 2.45) is 5.92 Å². The number of rotatable bonds is 7. The first-order valence-electron chi connectivity index (χ1n) is 5.05. The number of carbonyl (C=O) groups excluding carboxylic acids is 1. The van der Waals surface area contributed by atoms with Crippen molar-refractivity contribution >= 4 is 22.0 Å². The maximum absolute atomic E-state index is 11.6. The van der Waals surface area contributed by atoms with E-state index in [0.717, 1.165) is 7.11 Å². The monoisotopic (exact) mass is 267 g/mol. The molecular formula is C9H17NO6S. The zero-order chi connectivity index (χ0) is 13.6. The van der Waals surface area contributed by atoms with Gasteiger partial charge in [-0.1, -0.05) is 6.92 Å². The summed E-state index contributed by atoms with van der Waals surface area (Å²) in [4.78, 5) is 21.7. The Morgan fingerprint density at radius 3 is 2.29 bits per heavy atom. The maximum Gasteiger partial charge on any atom is 0.325 e. The van der Waals surface area contributed by atoms with Crippen LogP contribution >= 0.6 is 0 Å². The minimum Gasteiger partial charge on any atom is -0.481 e. The molecule has 7 nitrogen and oxygen atoms in total. The standard InChI is InChI=1S/C9H17NO6S/c1-4-7(8(11)12)5-10-17(14,15)6(2)9(13)16-3/h6-7,10H,4-5H2,1-3H3,(H,11,12). The van der Waals surface area contributed by atoms with E-state index in [2.05, 4.69) is 9.46 Å². The summed E-state index contributed by atoms with van der Waals surface area (Å²) in [6.07, 6.45) is 0.296. The number of esters is 1. The lowest BCUT2D eigenvalue weighted by Gasteiger charge is -2.14. The van der Waals surface area contributed by atoms with Crippen molar-refractivity contribution < 1.29 is 27.9 Å². The number of nitrogens with one attached hydrogen (secondary N) is 1. The van der Waals surface area contributed by atoms with Gasteiger partial charge >= 0.3 is 11.9 Å². The second kappa shape index (κ2) is 6.55. The number of hydrogen-bond acceptors (Lipinski definition) is 5. The number of carbonyl (C=O) groups is 2. The Kier molecular flexibility index (Phi) is 6.11. The van der Waals surface area contributed by atoms with Gasteiger partial charge in [0.1, 0.15) is 0 Å². The molecule has 0 radical (unpaired) electrons. The van der Waals surface area contributed by atoms with Crippen molar-refractivity contribution in [3.05, 3.63) is 0 Å². The molecule has 17 heavy (non-hydrogen) atoms. The number of carboxylic acid groups (broad SMARTS) is 1. The van der Waals surface area contributed by atoms with Crippen molar-refractivity contribution in [2.45, 2.75) is 25.5 Å². The molecule has 0 heterocycles. The third kappa shape index (κ3) is 4.70. The van der Waals surface area contributed by atoms with Crippen molar-refractivity contribution in [3.8, 4) is 0 Å². The Bertz CT molecular complexity index is 377. The summed E-state index contributed by atoms with van der Waals surface area (Å²) in [5.41, 5.74) is 0. The maximum atomic E-state index is 11.6. The molecule has 2 N–H and O–H groups in total. The van der Waals surface area contributed by atoms with Crippen LogP contribution in [-0.2, 0) is 24.3 Å². The average molecular weight is 267 g/mol. The number of hydrogen-bond donors (Lipinski definition) is 2. The van der Waals surface area contributed by atoms with Gasteiger partial charge in [-0.05, 0) is 13.3 Å². The smallest absolute Gasteiger partial charge is 0.325 e. The van der Waals surface area contributed by atoms with Crippen LogP contribution in [0.15, 0.2) is 0 Å². The molecule has 0 aromatic heterocycles. The van der Waals surface area contributed by atoms with Crippen LogP contribution in [0.5, 0.6) is 0 Å². The van der Waals surface area contributed by atoms with Gasteiger partial charge in [0.25, 0.3) is 0 Å². The number of methoxy groups -OCH3 is 1. The average Bonchev–Trinajstić information content (AvgIpc) is 2.27. The quantitative estimate of drug-likeness (QED) is 0.606. The molecule has 8 heteroatoms. The van der Waals surface area contributed by atoms with E-state index in [1.54, 1.807) is 6.92 Å². The number of ether oxygens (including phenoxy) is 1. The minimum absolute atomic E-state index is 0.241. The fourth-order valence-corrected chi connectivity index (χ4v) is 2.07. The lowest BCUT2D eigenvalue weighted by molar-refractivity contribution is -0.141. The number of aliphatic carboxylic acids is 1. The molecule has 0 aromatic carbocycles. The van der Waals surface area contributed by atoms with Gasteiger partial charge < -0.3 is 9.84 Å². The zero-order valence-corrected chi connectivity index (χ0v) is 10.8. The zero-order valence-electron chi connectivity index (χ0n) is 9.97. The molecule has 0 aliphatic carbocycles. The molecule has 0 rings (SSSR count). The highest BCUT2D eigenvalue weighted by Crippen LogP contribution is 2.05. The van der Waals surface area contributed by atoms with E-state index < -0.39 is 33.1 Å². The van der Waals surface area contributed by atoms with Crippen LogP contribution in [0, 0.1) is 5.92 Å². The van der Waals surface area contributed by atoms with Gasteiger partial charge in [0.05, 0.1) is 13.0 Å². The van der Waals surface area contributed by atoms with Crippen LogP contribution in [0.4, 0.5) is 0 Å². The lowest BCUT2D eigenvalue weighted by atomic mass is 10.1. The van der Waals surface area contributed by atoms with Crippen LogP contribution in [0.1, 0.15) is 20.3 Å². The fourth-order valence-electron chi connectivity index (χ4n) is 1.04. The molecule has 100 valence electrons. The minimum atomic E-state index is -3.90. The van der Waals surface area contributed by atoms with Crippen molar-refractivity contribution in [3.63, 3.8) is 0 Å². The van der Waals surface area contributed by atoms with Crippen LogP contribution in [0.3, 0.4) is 0 Å². The van der Waals surface area contributed by atoms with E-state index in [0.29, 0.717) is 6.42 Å². The van der Waals surface area contributed by atoms with Gasteiger partial charge in [0.15, 0.2) is 5.25 Å². The first-order valence-corrected chi connectivity index (χ1v) is 6.60. The highest BCUT2D eigenvalue weighted by Gasteiger charge is 2.29. The van der Waals surface area contributed by atoms with E-state index in [4.69, 9.17) is 5.11 Å². The molecule has 2 unspecified atom stereocenters. The predicted octanol–water partition coefficient (Wildman–Crippen LogP) is -0.422. The van der Waals surface area contributed by atoms with Gasteiger partial charge in [-0.3, -0.25) is 9.59 Å². The van der Waals surface area contributed by atoms with Crippen molar-refractivity contribution in [1.82, 2.24) is 4.72 Å². The van der Waals surface area contributed by atoms with Gasteiger partial charge in [-0.25, -0.2) is 13.1 Å². The SMILES string of the molecule is CCC(CNS(=O)(=O)C(C)C(=O)OC)C(=O)O. The van der Waals surface area contributed by atoms with E-state index in [1.165, 1.54) is 6.92 Å². The van der Waals surface area contributed by atoms with Gasteiger partial charge in [0.2, 0.25) is 10.0 Å². The normalized spacial score (nSPS) is 15.0. The molecular weight excluding hydrogens is 250 g/mol. The van der Waals surface area contributed by atoms with E-state index in [-0.39, 0.29) is 6.54 Å². The summed E-state index contributed by atoms with van der Waals surface area (Å²) >= 11 is 0. The van der Waals surface area contributed by atoms with Crippen LogP contribution in [0.2, 0.25) is 0 Å². The summed E-state index contributed by atoms with van der Waals surface area (Å²) in [5.74, 6) is -2.78. The van der Waals surface area contributed by atoms with Crippen molar-refractivity contribution in [1.29, 1.82) is 0 Å². The first kappa shape index (κ1) is 15.9. The Morgan fingerprint density at radius 2 is 1.94 bits per heavy atom. The summed E-state index contributed by atoms with van der Waals surface area (Å²) in [6.45, 7) is 2.57. The molecule has 0 spiro atoms. The molecule has 0 saturated carbocycles. The van der Waals surface area contributed by atoms with Crippen molar-refractivity contribution in [2.75, 3.05) is 13.7 Å². The topological polar surface area (TPSA) is 110 Å². The highest BCUT2D eigenvalue weighted by molar-refractivity contribution is 7.90. The molecule has 0 aromatic rings. The fraction of sp³-hybridized carbons (Fsp3) is 0.778. The summed E-state index contributed by atoms with van der Waals surface area (Å²) in [7, 11) is -2.81. The molecule has 0 fully saturated rings. The Balaban J connectivity index is 4.56. The molecule has 0 saturated heterocycles. The van der Waals surface area contributed by atoms with E-state index in [9.17, 15) is 18.0 Å². The van der Waals surface area contributed by atoms with Gasteiger partial charge in [0, 0.05) is 6.54 Å². The van der Waals surface area contributed by atoms with E-state index >= 15 is 0 Å². The summed E-state index contributed by atoms with van der Waals surface area (Å²) < 4.78 is 29.5. The second-order valence-corrected chi connectivity index (χ2v) is 5.59. The highest BCUT2D eigenvalue weighted by atomic mass is 32.2. The molecule has 2 atom stereocenters. The predicted molar refractivity (Wildman–Crippen MR) is 59.8 cm³/mol. The molecule has 0 aliphatic rings. The number of carboxylic acids is 1. The van der Waals surface area contributed by atoms with Crippen LogP contribution < -0.4 is 4.72 Å². The van der Waals surface area contributed by atoms with Crippen LogP contribution in [-0.4, -0.2) is 44.4 Å². The Hall–Kier alpha value is -1.15. The summed E-state index contributed by atoms with van der Waals surface area (Å²) in [6, 6.07) is 0. The Labute approximate surface area is 100 Å².